The molecule has 0 aliphatic carbocycles. The molecular formula is C11H19NO2S. The van der Waals surface area contributed by atoms with E-state index < -0.39 is 0 Å². The van der Waals surface area contributed by atoms with Gasteiger partial charge in [0.1, 0.15) is 12.1 Å². The molecule has 2 fully saturated rings. The number of carbonyl (C=O) groups is 1. The summed E-state index contributed by atoms with van der Waals surface area (Å²) in [4.78, 5) is 13.9. The van der Waals surface area contributed by atoms with E-state index in [9.17, 15) is 4.79 Å². The van der Waals surface area contributed by atoms with Crippen molar-refractivity contribution in [2.75, 3.05) is 18.8 Å². The Hall–Kier alpha value is -0.220. The first-order chi connectivity index (χ1) is 7.20. The number of rotatable bonds is 2. The van der Waals surface area contributed by atoms with Gasteiger partial charge in [-0.15, -0.1) is 0 Å². The fourth-order valence-corrected chi connectivity index (χ4v) is 3.51. The van der Waals surface area contributed by atoms with Crippen LogP contribution >= 0.6 is 11.8 Å². The van der Waals surface area contributed by atoms with E-state index in [0.717, 1.165) is 25.3 Å². The number of cyclic esters (lactones) is 1. The van der Waals surface area contributed by atoms with Gasteiger partial charge in [0.25, 0.3) is 0 Å². The van der Waals surface area contributed by atoms with Crippen LogP contribution in [0.25, 0.3) is 0 Å². The number of hydrogen-bond acceptors (Lipinski definition) is 4. The van der Waals surface area contributed by atoms with Gasteiger partial charge in [0.2, 0.25) is 0 Å². The van der Waals surface area contributed by atoms with E-state index in [2.05, 4.69) is 11.8 Å². The minimum Gasteiger partial charge on any atom is -0.461 e. The highest BCUT2D eigenvalue weighted by molar-refractivity contribution is 8.00. The zero-order valence-electron chi connectivity index (χ0n) is 9.44. The summed E-state index contributed by atoms with van der Waals surface area (Å²) < 4.78 is 5.21. The van der Waals surface area contributed by atoms with Gasteiger partial charge in [-0.3, -0.25) is 9.69 Å². The maximum Gasteiger partial charge on any atom is 0.323 e. The van der Waals surface area contributed by atoms with E-state index in [1.807, 2.05) is 18.7 Å². The van der Waals surface area contributed by atoms with Crippen molar-refractivity contribution in [2.24, 2.45) is 0 Å². The van der Waals surface area contributed by atoms with E-state index in [0.29, 0.717) is 5.25 Å². The van der Waals surface area contributed by atoms with Crippen LogP contribution in [0.4, 0.5) is 0 Å². The van der Waals surface area contributed by atoms with E-state index in [1.165, 1.54) is 6.42 Å². The molecule has 4 heteroatoms. The third-order valence-corrected chi connectivity index (χ3v) is 4.58. The quantitative estimate of drug-likeness (QED) is 0.671. The largest absolute Gasteiger partial charge is 0.461 e. The average molecular weight is 229 g/mol. The molecule has 2 rings (SSSR count). The normalized spacial score (nSPS) is 38.0. The van der Waals surface area contributed by atoms with Crippen LogP contribution in [0, 0.1) is 0 Å². The van der Waals surface area contributed by atoms with Crippen LogP contribution in [-0.2, 0) is 9.53 Å². The molecule has 0 aromatic heterocycles. The number of nitrogens with zero attached hydrogens (tertiary/aromatic N) is 1. The van der Waals surface area contributed by atoms with E-state index in [4.69, 9.17) is 4.74 Å². The van der Waals surface area contributed by atoms with Crippen LogP contribution in [-0.4, -0.2) is 47.1 Å². The SMILES string of the molecule is CC[C@@H]1CN([C@@H]2C[C@H](C)OC2=O)CCS1. The molecule has 3 atom stereocenters. The molecule has 0 aromatic carbocycles. The fraction of sp³-hybridized carbons (Fsp3) is 0.909. The molecule has 2 aliphatic rings. The Morgan fingerprint density at radius 3 is 3.00 bits per heavy atom. The Morgan fingerprint density at radius 1 is 1.60 bits per heavy atom. The van der Waals surface area contributed by atoms with E-state index >= 15 is 0 Å². The van der Waals surface area contributed by atoms with Crippen molar-refractivity contribution in [1.29, 1.82) is 0 Å². The lowest BCUT2D eigenvalue weighted by Gasteiger charge is -2.34. The molecule has 0 N–H and O–H groups in total. The zero-order chi connectivity index (χ0) is 10.8. The van der Waals surface area contributed by atoms with Crippen molar-refractivity contribution in [2.45, 2.75) is 44.1 Å². The second-order valence-corrected chi connectivity index (χ2v) is 5.80. The van der Waals surface area contributed by atoms with Gasteiger partial charge in [0.15, 0.2) is 0 Å². The Labute approximate surface area is 95.5 Å². The predicted molar refractivity (Wildman–Crippen MR) is 62.1 cm³/mol. The van der Waals surface area contributed by atoms with Crippen LogP contribution in [0.1, 0.15) is 26.7 Å². The third kappa shape index (κ3) is 2.48. The second-order valence-electron chi connectivity index (χ2n) is 4.39. The van der Waals surface area contributed by atoms with Gasteiger partial charge in [0.05, 0.1) is 0 Å². The maximum absolute atomic E-state index is 11.6. The first kappa shape index (κ1) is 11.3. The minimum atomic E-state index is -0.00995. The van der Waals surface area contributed by atoms with E-state index in [-0.39, 0.29) is 18.1 Å². The topological polar surface area (TPSA) is 29.5 Å². The monoisotopic (exact) mass is 229 g/mol. The summed E-state index contributed by atoms with van der Waals surface area (Å²) in [5, 5.41) is 0.697. The molecule has 0 saturated carbocycles. The summed E-state index contributed by atoms with van der Waals surface area (Å²) >= 11 is 2.03. The first-order valence-corrected chi connectivity index (χ1v) is 6.81. The molecule has 86 valence electrons. The van der Waals surface area contributed by atoms with Crippen LogP contribution in [0.2, 0.25) is 0 Å². The molecule has 2 heterocycles. The standard InChI is InChI=1S/C11H19NO2S/c1-3-9-7-12(4-5-15-9)10-6-8(2)14-11(10)13/h8-10H,3-7H2,1-2H3/t8-,9+,10+/m0/s1. The van der Waals surface area contributed by atoms with Gasteiger partial charge in [-0.2, -0.15) is 11.8 Å². The summed E-state index contributed by atoms with van der Waals surface area (Å²) in [6.07, 6.45) is 2.18. The highest BCUT2D eigenvalue weighted by atomic mass is 32.2. The number of hydrogen-bond donors (Lipinski definition) is 0. The second kappa shape index (κ2) is 4.74. The summed E-state index contributed by atoms with van der Waals surface area (Å²) in [7, 11) is 0. The molecule has 2 aliphatic heterocycles. The highest BCUT2D eigenvalue weighted by Gasteiger charge is 2.38. The van der Waals surface area contributed by atoms with Crippen LogP contribution in [0.3, 0.4) is 0 Å². The molecule has 0 spiro atoms. The van der Waals surface area contributed by atoms with E-state index in [1.54, 1.807) is 0 Å². The van der Waals surface area contributed by atoms with Crippen LogP contribution in [0.5, 0.6) is 0 Å². The first-order valence-electron chi connectivity index (χ1n) is 5.77. The molecule has 0 radical (unpaired) electrons. The van der Waals surface area contributed by atoms with Crippen molar-refractivity contribution in [3.63, 3.8) is 0 Å². The van der Waals surface area contributed by atoms with Gasteiger partial charge in [-0.25, -0.2) is 0 Å². The van der Waals surface area contributed by atoms with Crippen molar-refractivity contribution in [3.8, 4) is 0 Å². The third-order valence-electron chi connectivity index (χ3n) is 3.21. The summed E-state index contributed by atoms with van der Waals surface area (Å²) in [6.45, 7) is 6.28. The Balaban J connectivity index is 1.95. The number of carbonyl (C=O) groups excluding carboxylic acids is 1. The summed E-state index contributed by atoms with van der Waals surface area (Å²) in [5.74, 6) is 1.14. The van der Waals surface area contributed by atoms with Gasteiger partial charge >= 0.3 is 5.97 Å². The van der Waals surface area contributed by atoms with Gasteiger partial charge in [-0.1, -0.05) is 6.92 Å². The highest BCUT2D eigenvalue weighted by Crippen LogP contribution is 2.27. The Morgan fingerprint density at radius 2 is 2.40 bits per heavy atom. The lowest BCUT2D eigenvalue weighted by molar-refractivity contribution is -0.144. The Bertz CT molecular complexity index is 247. The Kier molecular flexibility index (Phi) is 3.57. The van der Waals surface area contributed by atoms with Gasteiger partial charge in [-0.05, 0) is 13.3 Å². The van der Waals surface area contributed by atoms with Crippen molar-refractivity contribution < 1.29 is 9.53 Å². The molecule has 0 amide bonds. The van der Waals surface area contributed by atoms with Crippen LogP contribution < -0.4 is 0 Å². The molecule has 0 aromatic rings. The van der Waals surface area contributed by atoms with Crippen molar-refractivity contribution in [1.82, 2.24) is 4.90 Å². The zero-order valence-corrected chi connectivity index (χ0v) is 10.3. The van der Waals surface area contributed by atoms with Gasteiger partial charge in [0, 0.05) is 30.5 Å². The number of esters is 1. The molecule has 3 nitrogen and oxygen atoms in total. The lowest BCUT2D eigenvalue weighted by atomic mass is 10.1. The average Bonchev–Trinajstić information content (AvgIpc) is 2.58. The summed E-state index contributed by atoms with van der Waals surface area (Å²) in [6, 6.07) is 0.0370. The molecular weight excluding hydrogens is 210 g/mol. The number of thioether (sulfide) groups is 1. The van der Waals surface area contributed by atoms with Crippen molar-refractivity contribution >= 4 is 17.7 Å². The maximum atomic E-state index is 11.6. The fourth-order valence-electron chi connectivity index (χ4n) is 2.31. The minimum absolute atomic E-state index is 0.00995. The molecule has 2 saturated heterocycles. The predicted octanol–water partition coefficient (Wildman–Crippen LogP) is 1.52. The smallest absolute Gasteiger partial charge is 0.323 e. The van der Waals surface area contributed by atoms with Crippen LogP contribution in [0.15, 0.2) is 0 Å². The molecule has 0 unspecified atom stereocenters. The number of ether oxygens (including phenoxy) is 1. The van der Waals surface area contributed by atoms with Gasteiger partial charge < -0.3 is 4.74 Å². The lowest BCUT2D eigenvalue weighted by Crippen LogP contribution is -2.46. The summed E-state index contributed by atoms with van der Waals surface area (Å²) in [5.41, 5.74) is 0. The molecule has 0 bridgehead atoms. The van der Waals surface area contributed by atoms with Crippen molar-refractivity contribution in [3.05, 3.63) is 0 Å². The molecule has 15 heavy (non-hydrogen) atoms.